The van der Waals surface area contributed by atoms with Gasteiger partial charge in [-0.1, -0.05) is 56.2 Å². The molecule has 0 spiro atoms. The highest BCUT2D eigenvalue weighted by molar-refractivity contribution is 5.95. The fraction of sp³-hybridized carbons (Fsp3) is 0.545. The van der Waals surface area contributed by atoms with Crippen molar-refractivity contribution in [3.63, 3.8) is 0 Å². The largest absolute Gasteiger partial charge is 0.481 e. The Balaban J connectivity index is 2.41. The highest BCUT2D eigenvalue weighted by atomic mass is 16.4. The van der Waals surface area contributed by atoms with Gasteiger partial charge < -0.3 is 5.11 Å². The van der Waals surface area contributed by atoms with Gasteiger partial charge in [0.05, 0.1) is 0 Å². The minimum Gasteiger partial charge on any atom is -0.481 e. The molecule has 0 aromatic rings. The summed E-state index contributed by atoms with van der Waals surface area (Å²) < 4.78 is 0. The van der Waals surface area contributed by atoms with Gasteiger partial charge in [0.15, 0.2) is 5.78 Å². The molecule has 3 atom stereocenters. The van der Waals surface area contributed by atoms with Gasteiger partial charge in [0.1, 0.15) is 0 Å². The Morgan fingerprint density at radius 2 is 2.12 bits per heavy atom. The highest BCUT2D eigenvalue weighted by Gasteiger charge is 2.26. The van der Waals surface area contributed by atoms with Gasteiger partial charge >= 0.3 is 5.97 Å². The van der Waals surface area contributed by atoms with Gasteiger partial charge in [-0.15, -0.1) is 6.58 Å². The van der Waals surface area contributed by atoms with E-state index in [0.717, 1.165) is 12.8 Å². The maximum atomic E-state index is 12.0. The molecule has 138 valence electrons. The molecular formula is C22H32O3. The Morgan fingerprint density at radius 1 is 1.32 bits per heavy atom. The van der Waals surface area contributed by atoms with E-state index >= 15 is 0 Å². The Bertz CT molecular complexity index is 513. The van der Waals surface area contributed by atoms with E-state index in [2.05, 4.69) is 25.7 Å². The molecule has 0 bridgehead atoms. The number of ketones is 1. The molecule has 0 aromatic heterocycles. The number of allylic oxidation sites excluding steroid dienone is 7. The van der Waals surface area contributed by atoms with Crippen molar-refractivity contribution in [1.82, 2.24) is 0 Å². The van der Waals surface area contributed by atoms with Gasteiger partial charge in [0.2, 0.25) is 0 Å². The Labute approximate surface area is 152 Å². The van der Waals surface area contributed by atoms with Crippen LogP contribution in [0.15, 0.2) is 49.1 Å². The van der Waals surface area contributed by atoms with Crippen molar-refractivity contribution in [2.24, 2.45) is 17.8 Å². The summed E-state index contributed by atoms with van der Waals surface area (Å²) in [6, 6.07) is 0. The predicted octanol–water partition coefficient (Wildman–Crippen LogP) is 5.50. The molecule has 3 heteroatoms. The fourth-order valence-corrected chi connectivity index (χ4v) is 3.07. The van der Waals surface area contributed by atoms with Gasteiger partial charge in [0, 0.05) is 18.3 Å². The van der Waals surface area contributed by atoms with Crippen LogP contribution in [0.25, 0.3) is 0 Å². The molecule has 0 fully saturated rings. The molecule has 0 aromatic carbocycles. The smallest absolute Gasteiger partial charge is 0.303 e. The number of carboxylic acids is 1. The van der Waals surface area contributed by atoms with Crippen molar-refractivity contribution in [3.05, 3.63) is 49.1 Å². The summed E-state index contributed by atoms with van der Waals surface area (Å²) in [4.78, 5) is 22.5. The molecule has 0 amide bonds. The van der Waals surface area contributed by atoms with Crippen LogP contribution >= 0.6 is 0 Å². The van der Waals surface area contributed by atoms with Crippen LogP contribution in [0.4, 0.5) is 0 Å². The first-order valence-corrected chi connectivity index (χ1v) is 9.46. The molecule has 0 saturated heterocycles. The third-order valence-corrected chi connectivity index (χ3v) is 4.69. The third kappa shape index (κ3) is 8.67. The van der Waals surface area contributed by atoms with Gasteiger partial charge in [-0.3, -0.25) is 9.59 Å². The second-order valence-corrected chi connectivity index (χ2v) is 6.74. The van der Waals surface area contributed by atoms with Crippen LogP contribution < -0.4 is 0 Å². The number of aliphatic carboxylic acids is 1. The van der Waals surface area contributed by atoms with Crippen LogP contribution in [-0.2, 0) is 9.59 Å². The molecule has 0 radical (unpaired) electrons. The quantitative estimate of drug-likeness (QED) is 0.355. The number of carbonyl (C=O) groups excluding carboxylic acids is 1. The van der Waals surface area contributed by atoms with Crippen LogP contribution in [0, 0.1) is 17.8 Å². The summed E-state index contributed by atoms with van der Waals surface area (Å²) in [6.07, 6.45) is 21.0. The van der Waals surface area contributed by atoms with E-state index in [-0.39, 0.29) is 24.0 Å². The van der Waals surface area contributed by atoms with E-state index in [9.17, 15) is 9.59 Å². The molecule has 0 saturated carbocycles. The molecule has 1 rings (SSSR count). The van der Waals surface area contributed by atoms with Crippen molar-refractivity contribution in [2.75, 3.05) is 0 Å². The molecule has 1 N–H and O–H groups in total. The standard InChI is InChI=1S/C22H32O3/c1-3-5-11-18(4-2)12-10-13-19-16-17-21(23)20(19)14-8-6-7-9-15-22(24)25/h4,6,8,10,13,16-20H,2-3,5,7,9,11-12,14-15H2,1H3,(H,24,25)/t18?,19-,20+/m0/s1. The normalized spacial score (nSPS) is 21.4. The van der Waals surface area contributed by atoms with Gasteiger partial charge in [-0.05, 0) is 44.1 Å². The van der Waals surface area contributed by atoms with Crippen molar-refractivity contribution in [3.8, 4) is 0 Å². The third-order valence-electron chi connectivity index (χ3n) is 4.69. The van der Waals surface area contributed by atoms with Crippen molar-refractivity contribution in [2.45, 2.75) is 58.3 Å². The Morgan fingerprint density at radius 3 is 2.80 bits per heavy atom. The second kappa shape index (κ2) is 12.5. The van der Waals surface area contributed by atoms with Crippen LogP contribution in [-0.4, -0.2) is 16.9 Å². The van der Waals surface area contributed by atoms with Crippen molar-refractivity contribution in [1.29, 1.82) is 0 Å². The van der Waals surface area contributed by atoms with Gasteiger partial charge in [0.25, 0.3) is 0 Å². The molecule has 1 aliphatic rings. The van der Waals surface area contributed by atoms with Crippen LogP contribution in [0.3, 0.4) is 0 Å². The average molecular weight is 344 g/mol. The zero-order valence-electron chi connectivity index (χ0n) is 15.4. The van der Waals surface area contributed by atoms with E-state index in [1.807, 2.05) is 24.3 Å². The summed E-state index contributed by atoms with van der Waals surface area (Å²) in [7, 11) is 0. The number of carbonyl (C=O) groups is 2. The minimum atomic E-state index is -0.759. The van der Waals surface area contributed by atoms with E-state index in [4.69, 9.17) is 5.11 Å². The van der Waals surface area contributed by atoms with Crippen LogP contribution in [0.5, 0.6) is 0 Å². The zero-order chi connectivity index (χ0) is 18.5. The van der Waals surface area contributed by atoms with Crippen LogP contribution in [0.2, 0.25) is 0 Å². The maximum absolute atomic E-state index is 12.0. The number of rotatable bonds is 13. The minimum absolute atomic E-state index is 0.00945. The molecule has 25 heavy (non-hydrogen) atoms. The zero-order valence-corrected chi connectivity index (χ0v) is 15.4. The Kier molecular flexibility index (Phi) is 10.5. The molecule has 1 aliphatic carbocycles. The SMILES string of the molecule is C=CC(CC=C[C@H]1C=CC(=O)[C@@H]1CC=CCCCC(=O)O)CCCC. The fourth-order valence-electron chi connectivity index (χ4n) is 3.07. The summed E-state index contributed by atoms with van der Waals surface area (Å²) >= 11 is 0. The molecule has 1 unspecified atom stereocenters. The van der Waals surface area contributed by atoms with Crippen molar-refractivity contribution >= 4 is 11.8 Å². The molecule has 0 heterocycles. The van der Waals surface area contributed by atoms with Crippen molar-refractivity contribution < 1.29 is 14.7 Å². The highest BCUT2D eigenvalue weighted by Crippen LogP contribution is 2.28. The number of hydrogen-bond acceptors (Lipinski definition) is 2. The maximum Gasteiger partial charge on any atom is 0.303 e. The van der Waals surface area contributed by atoms with Gasteiger partial charge in [-0.25, -0.2) is 0 Å². The predicted molar refractivity (Wildman–Crippen MR) is 103 cm³/mol. The monoisotopic (exact) mass is 344 g/mol. The first-order valence-electron chi connectivity index (χ1n) is 9.46. The summed E-state index contributed by atoms with van der Waals surface area (Å²) in [5.41, 5.74) is 0. The summed E-state index contributed by atoms with van der Waals surface area (Å²) in [5.74, 6) is 0.115. The van der Waals surface area contributed by atoms with Gasteiger partial charge in [-0.2, -0.15) is 0 Å². The van der Waals surface area contributed by atoms with E-state index in [1.165, 1.54) is 19.3 Å². The lowest BCUT2D eigenvalue weighted by atomic mass is 9.90. The second-order valence-electron chi connectivity index (χ2n) is 6.74. The lowest BCUT2D eigenvalue weighted by Crippen LogP contribution is -2.13. The summed E-state index contributed by atoms with van der Waals surface area (Å²) in [6.45, 7) is 6.12. The lowest BCUT2D eigenvalue weighted by Gasteiger charge is -2.13. The topological polar surface area (TPSA) is 54.4 Å². The molecule has 3 nitrogen and oxygen atoms in total. The summed E-state index contributed by atoms with van der Waals surface area (Å²) in [5, 5.41) is 8.61. The van der Waals surface area contributed by atoms with E-state index in [0.29, 0.717) is 18.8 Å². The average Bonchev–Trinajstić information content (AvgIpc) is 2.94. The number of hydrogen-bond donors (Lipinski definition) is 1. The van der Waals surface area contributed by atoms with Crippen LogP contribution in [0.1, 0.15) is 58.3 Å². The molecule has 0 aliphatic heterocycles. The number of unbranched alkanes of at least 4 members (excludes halogenated alkanes) is 2. The van der Waals surface area contributed by atoms with E-state index in [1.54, 1.807) is 6.08 Å². The Hall–Kier alpha value is -1.90. The molecular weight excluding hydrogens is 312 g/mol. The van der Waals surface area contributed by atoms with E-state index < -0.39 is 5.97 Å². The number of carboxylic acid groups (broad SMARTS) is 1. The first-order chi connectivity index (χ1) is 12.1. The lowest BCUT2D eigenvalue weighted by molar-refractivity contribution is -0.137. The first kappa shape index (κ1) is 21.1.